The van der Waals surface area contributed by atoms with Crippen LogP contribution in [0.3, 0.4) is 0 Å². The van der Waals surface area contributed by atoms with Crippen LogP contribution >= 0.6 is 0 Å². The second-order valence-corrected chi connectivity index (χ2v) is 7.34. The zero-order valence-electron chi connectivity index (χ0n) is 16.9. The van der Waals surface area contributed by atoms with E-state index < -0.39 is 5.54 Å². The van der Waals surface area contributed by atoms with Crippen molar-refractivity contribution >= 4 is 0 Å². The first-order valence-electron chi connectivity index (χ1n) is 10.2. The van der Waals surface area contributed by atoms with Crippen LogP contribution in [-0.2, 0) is 5.54 Å². The van der Waals surface area contributed by atoms with Gasteiger partial charge in [0.2, 0.25) is 0 Å². The second kappa shape index (κ2) is 7.92. The molecule has 0 N–H and O–H groups in total. The first-order chi connectivity index (χ1) is 15.3. The van der Waals surface area contributed by atoms with Crippen molar-refractivity contribution < 1.29 is 0 Å². The minimum absolute atomic E-state index is 0.113. The van der Waals surface area contributed by atoms with Gasteiger partial charge in [-0.05, 0) is 22.8 Å². The predicted molar refractivity (Wildman–Crippen MR) is 122 cm³/mol. The highest BCUT2D eigenvalue weighted by Gasteiger charge is 2.39. The van der Waals surface area contributed by atoms with Gasteiger partial charge in [0.05, 0.1) is 0 Å². The molecule has 0 amide bonds. The summed E-state index contributed by atoms with van der Waals surface area (Å²) in [6.07, 6.45) is 3.69. The Hall–Kier alpha value is -4.18. The third kappa shape index (κ3) is 3.19. The van der Waals surface area contributed by atoms with Gasteiger partial charge in [-0.25, -0.2) is 0 Å². The minimum atomic E-state index is -0.694. The Labute approximate surface area is 180 Å². The monoisotopic (exact) mass is 403 g/mol. The Kier molecular flexibility index (Phi) is 4.81. The van der Waals surface area contributed by atoms with Crippen molar-refractivity contribution in [2.75, 3.05) is 0 Å². The molecule has 0 radical (unpaired) electrons. The quantitative estimate of drug-likeness (QED) is 0.393. The molecule has 31 heavy (non-hydrogen) atoms. The zero-order valence-corrected chi connectivity index (χ0v) is 16.9. The first kappa shape index (κ1) is 18.8. The molecular weight excluding hydrogens is 382 g/mol. The van der Waals surface area contributed by atoms with Gasteiger partial charge in [-0.3, -0.25) is 14.0 Å². The molecule has 3 aromatic carbocycles. The Balaban J connectivity index is 1.84. The van der Waals surface area contributed by atoms with E-state index in [-0.39, 0.29) is 5.56 Å². The summed E-state index contributed by atoms with van der Waals surface area (Å²) in [6.45, 7) is 0. The molecule has 2 heterocycles. The zero-order chi connectivity index (χ0) is 21.1. The van der Waals surface area contributed by atoms with Gasteiger partial charge >= 0.3 is 0 Å². The maximum atomic E-state index is 12.4. The van der Waals surface area contributed by atoms with Crippen LogP contribution in [0.25, 0.3) is 5.82 Å². The molecule has 0 fully saturated rings. The lowest BCUT2D eigenvalue weighted by molar-refractivity contribution is 0.458. The molecule has 0 spiro atoms. The standard InChI is InChI=1S/C27H21N3O/c31-26-18-10-11-20-29(26)25-19-21-30(28-25)27(22-12-4-1-5-13-22,23-14-6-2-7-15-23)24-16-8-3-9-17-24/h1-21H. The van der Waals surface area contributed by atoms with Gasteiger partial charge in [0.1, 0.15) is 5.54 Å². The maximum absolute atomic E-state index is 12.4. The van der Waals surface area contributed by atoms with E-state index in [2.05, 4.69) is 36.4 Å². The molecule has 5 rings (SSSR count). The molecule has 4 nitrogen and oxygen atoms in total. The average Bonchev–Trinajstić information content (AvgIpc) is 3.32. The lowest BCUT2D eigenvalue weighted by atomic mass is 9.77. The third-order valence-electron chi connectivity index (χ3n) is 5.56. The second-order valence-electron chi connectivity index (χ2n) is 7.34. The van der Waals surface area contributed by atoms with Crippen molar-refractivity contribution in [1.82, 2.24) is 14.3 Å². The van der Waals surface area contributed by atoms with Gasteiger partial charge in [-0.2, -0.15) is 5.10 Å². The van der Waals surface area contributed by atoms with Crippen molar-refractivity contribution in [3.8, 4) is 5.82 Å². The Bertz CT molecular complexity index is 1240. The molecule has 0 saturated carbocycles. The lowest BCUT2D eigenvalue weighted by Crippen LogP contribution is -2.38. The van der Waals surface area contributed by atoms with Gasteiger partial charge in [-0.15, -0.1) is 0 Å². The number of nitrogens with zero attached hydrogens (tertiary/aromatic N) is 3. The molecule has 0 aliphatic heterocycles. The summed E-state index contributed by atoms with van der Waals surface area (Å²) in [7, 11) is 0. The molecule has 5 aromatic rings. The van der Waals surface area contributed by atoms with Gasteiger partial charge < -0.3 is 0 Å². The smallest absolute Gasteiger partial charge is 0.256 e. The summed E-state index contributed by atoms with van der Waals surface area (Å²) in [5, 5.41) is 4.92. The van der Waals surface area contributed by atoms with Crippen LogP contribution in [0.15, 0.2) is 132 Å². The van der Waals surface area contributed by atoms with Crippen molar-refractivity contribution in [2.45, 2.75) is 5.54 Å². The van der Waals surface area contributed by atoms with Crippen molar-refractivity contribution in [1.29, 1.82) is 0 Å². The highest BCUT2D eigenvalue weighted by molar-refractivity contribution is 5.50. The molecule has 0 aliphatic rings. The molecular formula is C27H21N3O. The molecule has 150 valence electrons. The Morgan fingerprint density at radius 3 is 1.52 bits per heavy atom. The SMILES string of the molecule is O=c1ccccn1-c1ccn(C(c2ccccc2)(c2ccccc2)c2ccccc2)n1. The van der Waals surface area contributed by atoms with E-state index in [1.807, 2.05) is 77.6 Å². The predicted octanol–water partition coefficient (Wildman–Crippen LogP) is 4.87. The molecule has 0 saturated heterocycles. The lowest BCUT2D eigenvalue weighted by Gasteiger charge is -2.36. The van der Waals surface area contributed by atoms with E-state index in [4.69, 9.17) is 5.10 Å². The molecule has 0 atom stereocenters. The summed E-state index contributed by atoms with van der Waals surface area (Å²) in [4.78, 5) is 12.4. The third-order valence-corrected chi connectivity index (χ3v) is 5.56. The van der Waals surface area contributed by atoms with Crippen LogP contribution in [0.5, 0.6) is 0 Å². The fraction of sp³-hybridized carbons (Fsp3) is 0.0370. The number of benzene rings is 3. The van der Waals surface area contributed by atoms with Gasteiger partial charge in [0, 0.05) is 24.5 Å². The Morgan fingerprint density at radius 2 is 1.03 bits per heavy atom. The van der Waals surface area contributed by atoms with Crippen molar-refractivity contribution in [2.24, 2.45) is 0 Å². The summed E-state index contributed by atoms with van der Waals surface area (Å²) in [5.74, 6) is 0.581. The van der Waals surface area contributed by atoms with Crippen molar-refractivity contribution in [3.63, 3.8) is 0 Å². The fourth-order valence-corrected chi connectivity index (χ4v) is 4.18. The summed E-state index contributed by atoms with van der Waals surface area (Å²) < 4.78 is 3.52. The van der Waals surface area contributed by atoms with Crippen LogP contribution in [-0.4, -0.2) is 14.3 Å². The van der Waals surface area contributed by atoms with Crippen LogP contribution in [0.2, 0.25) is 0 Å². The van der Waals surface area contributed by atoms with E-state index >= 15 is 0 Å². The van der Waals surface area contributed by atoms with E-state index in [0.717, 1.165) is 16.7 Å². The topological polar surface area (TPSA) is 39.8 Å². The van der Waals surface area contributed by atoms with E-state index in [9.17, 15) is 4.79 Å². The average molecular weight is 403 g/mol. The molecule has 0 bridgehead atoms. The summed E-state index contributed by atoms with van der Waals surface area (Å²) >= 11 is 0. The van der Waals surface area contributed by atoms with E-state index in [0.29, 0.717) is 5.82 Å². The van der Waals surface area contributed by atoms with Gasteiger partial charge in [-0.1, -0.05) is 97.1 Å². The molecule has 2 aromatic heterocycles. The number of pyridine rings is 1. The first-order valence-corrected chi connectivity index (χ1v) is 10.2. The molecule has 0 unspecified atom stereocenters. The summed E-state index contributed by atoms with van der Waals surface area (Å²) in [6, 6.07) is 38.0. The number of aromatic nitrogens is 3. The largest absolute Gasteiger partial charge is 0.269 e. The van der Waals surface area contributed by atoms with Crippen LogP contribution in [0.1, 0.15) is 16.7 Å². The summed E-state index contributed by atoms with van der Waals surface area (Å²) in [5.41, 5.74) is 2.45. The van der Waals surface area contributed by atoms with Crippen LogP contribution < -0.4 is 5.56 Å². The van der Waals surface area contributed by atoms with Gasteiger partial charge in [0.25, 0.3) is 5.56 Å². The minimum Gasteiger partial charge on any atom is -0.269 e. The van der Waals surface area contributed by atoms with E-state index in [1.54, 1.807) is 16.8 Å². The normalized spacial score (nSPS) is 11.4. The number of hydrogen-bond acceptors (Lipinski definition) is 2. The molecule has 4 heteroatoms. The highest BCUT2D eigenvalue weighted by atomic mass is 16.1. The maximum Gasteiger partial charge on any atom is 0.256 e. The highest BCUT2D eigenvalue weighted by Crippen LogP contribution is 2.40. The van der Waals surface area contributed by atoms with Crippen LogP contribution in [0.4, 0.5) is 0 Å². The van der Waals surface area contributed by atoms with E-state index in [1.165, 1.54) is 6.07 Å². The van der Waals surface area contributed by atoms with Crippen molar-refractivity contribution in [3.05, 3.63) is 155 Å². The Morgan fingerprint density at radius 1 is 0.548 bits per heavy atom. The van der Waals surface area contributed by atoms with Gasteiger partial charge in [0.15, 0.2) is 5.82 Å². The van der Waals surface area contributed by atoms with Crippen LogP contribution in [0, 0.1) is 0 Å². The number of hydrogen-bond donors (Lipinski definition) is 0. The fourth-order valence-electron chi connectivity index (χ4n) is 4.18. The number of rotatable bonds is 5. The molecule has 0 aliphatic carbocycles.